The van der Waals surface area contributed by atoms with Crippen LogP contribution in [0.3, 0.4) is 0 Å². The average molecular weight is 437 g/mol. The van der Waals surface area contributed by atoms with Crippen molar-refractivity contribution in [3.63, 3.8) is 0 Å². The van der Waals surface area contributed by atoms with Crippen molar-refractivity contribution in [2.75, 3.05) is 6.54 Å². The Morgan fingerprint density at radius 2 is 1.73 bits per heavy atom. The van der Waals surface area contributed by atoms with E-state index in [4.69, 9.17) is 23.2 Å². The lowest BCUT2D eigenvalue weighted by atomic mass is 9.96. The zero-order valence-electron chi connectivity index (χ0n) is 16.6. The highest BCUT2D eigenvalue weighted by Gasteiger charge is 2.24. The summed E-state index contributed by atoms with van der Waals surface area (Å²) in [6, 6.07) is 21.4. The Bertz CT molecular complexity index is 1170. The molecule has 0 aliphatic carbocycles. The molecule has 0 unspecified atom stereocenters. The number of carbonyl (C=O) groups is 1. The van der Waals surface area contributed by atoms with Gasteiger partial charge >= 0.3 is 0 Å². The lowest BCUT2D eigenvalue weighted by Crippen LogP contribution is -2.30. The van der Waals surface area contributed by atoms with Gasteiger partial charge in [0.25, 0.3) is 0 Å². The quantitative estimate of drug-likeness (QED) is 0.323. The molecule has 152 valence electrons. The zero-order chi connectivity index (χ0) is 21.1. The second kappa shape index (κ2) is 9.05. The predicted octanol–water partition coefficient (Wildman–Crippen LogP) is 6.54. The fourth-order valence-corrected chi connectivity index (χ4v) is 4.00. The third-order valence-electron chi connectivity index (χ3n) is 5.29. The van der Waals surface area contributed by atoms with Gasteiger partial charge in [-0.05, 0) is 30.5 Å². The van der Waals surface area contributed by atoms with Crippen LogP contribution in [-0.2, 0) is 6.42 Å². The van der Waals surface area contributed by atoms with Gasteiger partial charge < -0.3 is 10.3 Å². The Kier molecular flexibility index (Phi) is 6.24. The van der Waals surface area contributed by atoms with Crippen molar-refractivity contribution in [3.8, 4) is 0 Å². The molecule has 0 radical (unpaired) electrons. The second-order valence-electron chi connectivity index (χ2n) is 7.38. The fourth-order valence-electron chi connectivity index (χ4n) is 3.62. The van der Waals surface area contributed by atoms with Gasteiger partial charge in [-0.25, -0.2) is 0 Å². The highest BCUT2D eigenvalue weighted by atomic mass is 35.5. The summed E-state index contributed by atoms with van der Waals surface area (Å²) in [6.45, 7) is 2.76. The molecule has 5 heteroatoms. The van der Waals surface area contributed by atoms with Crippen molar-refractivity contribution in [1.82, 2.24) is 10.3 Å². The Labute approximate surface area is 186 Å². The van der Waals surface area contributed by atoms with E-state index in [0.717, 1.165) is 17.4 Å². The number of benzene rings is 3. The highest BCUT2D eigenvalue weighted by molar-refractivity contribution is 6.45. The number of fused-ring (bicyclic) bond motifs is 1. The van der Waals surface area contributed by atoms with E-state index in [1.165, 1.54) is 11.1 Å². The fraction of sp³-hybridized carbons (Fsp3) is 0.160. The maximum absolute atomic E-state index is 13.5. The van der Waals surface area contributed by atoms with Crippen LogP contribution >= 0.6 is 23.2 Å². The molecule has 0 spiro atoms. The number of aromatic amines is 1. The van der Waals surface area contributed by atoms with Gasteiger partial charge in [-0.3, -0.25) is 4.79 Å². The van der Waals surface area contributed by atoms with Crippen molar-refractivity contribution in [3.05, 3.63) is 105 Å². The van der Waals surface area contributed by atoms with E-state index in [1.54, 1.807) is 12.3 Å². The summed E-state index contributed by atoms with van der Waals surface area (Å²) >= 11 is 12.4. The minimum atomic E-state index is -0.454. The number of ketones is 1. The topological polar surface area (TPSA) is 44.9 Å². The number of Topliss-reactive ketones (excluding diaryl/α,β-unsaturated/α-hetero) is 1. The summed E-state index contributed by atoms with van der Waals surface area (Å²) in [5, 5.41) is 5.12. The van der Waals surface area contributed by atoms with E-state index < -0.39 is 6.04 Å². The van der Waals surface area contributed by atoms with Gasteiger partial charge in [0.05, 0.1) is 21.6 Å². The molecule has 3 nitrogen and oxygen atoms in total. The van der Waals surface area contributed by atoms with Crippen LogP contribution in [0, 0.1) is 6.92 Å². The van der Waals surface area contributed by atoms with E-state index in [2.05, 4.69) is 41.5 Å². The van der Waals surface area contributed by atoms with E-state index in [-0.39, 0.29) is 5.78 Å². The van der Waals surface area contributed by atoms with Gasteiger partial charge in [-0.1, -0.05) is 89.4 Å². The van der Waals surface area contributed by atoms with Crippen molar-refractivity contribution >= 4 is 39.9 Å². The maximum atomic E-state index is 13.5. The monoisotopic (exact) mass is 436 g/mol. The molecule has 0 aliphatic heterocycles. The maximum Gasteiger partial charge on any atom is 0.186 e. The number of H-pyrrole nitrogens is 1. The van der Waals surface area contributed by atoms with Crippen molar-refractivity contribution in [1.29, 1.82) is 0 Å². The average Bonchev–Trinajstić information content (AvgIpc) is 3.20. The standard InChI is InChI=1S/C25H22Cl2N2O/c1-16-7-9-17(10-8-16)13-14-28-23(18-5-3-2-4-6-18)25(30)20-15-29-24-19(20)11-12-21(26)22(24)27/h2-12,15,23,28-29H,13-14H2,1H3/t23-/m0/s1. The molecule has 0 aliphatic rings. The van der Waals surface area contributed by atoms with Gasteiger partial charge in [0.15, 0.2) is 5.78 Å². The van der Waals surface area contributed by atoms with Crippen LogP contribution in [0.4, 0.5) is 0 Å². The molecule has 0 saturated heterocycles. The van der Waals surface area contributed by atoms with E-state index in [9.17, 15) is 4.79 Å². The summed E-state index contributed by atoms with van der Waals surface area (Å²) in [4.78, 5) is 16.7. The molecule has 30 heavy (non-hydrogen) atoms. The Morgan fingerprint density at radius 1 is 1.00 bits per heavy atom. The summed E-state index contributed by atoms with van der Waals surface area (Å²) < 4.78 is 0. The summed E-state index contributed by atoms with van der Waals surface area (Å²) in [7, 11) is 0. The largest absolute Gasteiger partial charge is 0.359 e. The smallest absolute Gasteiger partial charge is 0.186 e. The molecule has 4 rings (SSSR count). The lowest BCUT2D eigenvalue weighted by Gasteiger charge is -2.18. The van der Waals surface area contributed by atoms with Gasteiger partial charge in [0, 0.05) is 23.7 Å². The number of aryl methyl sites for hydroxylation is 1. The van der Waals surface area contributed by atoms with E-state index >= 15 is 0 Å². The number of halogens is 2. The van der Waals surface area contributed by atoms with Crippen molar-refractivity contribution < 1.29 is 4.79 Å². The predicted molar refractivity (Wildman–Crippen MR) is 125 cm³/mol. The first kappa shape index (κ1) is 20.7. The first-order valence-corrected chi connectivity index (χ1v) is 10.6. The molecule has 0 amide bonds. The molecule has 2 N–H and O–H groups in total. The van der Waals surface area contributed by atoms with Crippen LogP contribution in [0.15, 0.2) is 72.9 Å². The molecule has 0 saturated carbocycles. The van der Waals surface area contributed by atoms with Crippen LogP contribution < -0.4 is 5.32 Å². The number of nitrogens with one attached hydrogen (secondary N) is 2. The summed E-state index contributed by atoms with van der Waals surface area (Å²) in [5.41, 5.74) is 4.68. The molecule has 1 aromatic heterocycles. The van der Waals surface area contributed by atoms with Gasteiger partial charge in [0.2, 0.25) is 0 Å². The highest BCUT2D eigenvalue weighted by Crippen LogP contribution is 2.33. The van der Waals surface area contributed by atoms with Crippen LogP contribution in [0.5, 0.6) is 0 Å². The van der Waals surface area contributed by atoms with Crippen LogP contribution in [0.25, 0.3) is 10.9 Å². The Morgan fingerprint density at radius 3 is 2.47 bits per heavy atom. The Hall–Kier alpha value is -2.59. The number of hydrogen-bond donors (Lipinski definition) is 2. The number of rotatable bonds is 7. The second-order valence-corrected chi connectivity index (χ2v) is 8.17. The van der Waals surface area contributed by atoms with Crippen LogP contribution in [0.1, 0.15) is 33.1 Å². The van der Waals surface area contributed by atoms with Crippen LogP contribution in [0.2, 0.25) is 10.0 Å². The van der Waals surface area contributed by atoms with E-state index in [0.29, 0.717) is 27.7 Å². The summed E-state index contributed by atoms with van der Waals surface area (Å²) in [6.07, 6.45) is 2.55. The minimum Gasteiger partial charge on any atom is -0.359 e. The molecule has 0 bridgehead atoms. The molecular formula is C25H22Cl2N2O. The minimum absolute atomic E-state index is 0.00487. The SMILES string of the molecule is Cc1ccc(CCN[C@H](C(=O)c2c[nH]c3c(Cl)c(Cl)ccc23)c2ccccc2)cc1. The van der Waals surface area contributed by atoms with Crippen molar-refractivity contribution in [2.45, 2.75) is 19.4 Å². The molecule has 3 aromatic carbocycles. The summed E-state index contributed by atoms with van der Waals surface area (Å²) in [5.74, 6) is -0.00487. The zero-order valence-corrected chi connectivity index (χ0v) is 18.1. The molecule has 1 atom stereocenters. The normalized spacial score (nSPS) is 12.2. The molecule has 1 heterocycles. The van der Waals surface area contributed by atoms with Crippen molar-refractivity contribution in [2.24, 2.45) is 0 Å². The third kappa shape index (κ3) is 4.29. The third-order valence-corrected chi connectivity index (χ3v) is 6.09. The number of hydrogen-bond acceptors (Lipinski definition) is 2. The number of aromatic nitrogens is 1. The molecular weight excluding hydrogens is 415 g/mol. The first-order valence-electron chi connectivity index (χ1n) is 9.88. The van der Waals surface area contributed by atoms with Gasteiger partial charge in [-0.2, -0.15) is 0 Å². The number of carbonyl (C=O) groups excluding carboxylic acids is 1. The van der Waals surface area contributed by atoms with Gasteiger partial charge in [0.1, 0.15) is 0 Å². The molecule has 4 aromatic rings. The first-order chi connectivity index (χ1) is 14.5. The molecule has 0 fully saturated rings. The van der Waals surface area contributed by atoms with E-state index in [1.807, 2.05) is 36.4 Å². The lowest BCUT2D eigenvalue weighted by molar-refractivity contribution is 0.0945. The van der Waals surface area contributed by atoms with Gasteiger partial charge in [-0.15, -0.1) is 0 Å². The van der Waals surface area contributed by atoms with Crippen LogP contribution in [-0.4, -0.2) is 17.3 Å². The Balaban J connectivity index is 1.60.